The van der Waals surface area contributed by atoms with Gasteiger partial charge in [-0.3, -0.25) is 24.0 Å². The van der Waals surface area contributed by atoms with E-state index >= 15 is 0 Å². The first-order valence-electron chi connectivity index (χ1n) is 9.74. The van der Waals surface area contributed by atoms with Gasteiger partial charge in [-0.1, -0.05) is 43.2 Å². The molecule has 1 aromatic carbocycles. The van der Waals surface area contributed by atoms with Crippen LogP contribution in [0, 0.1) is 0 Å². The maximum Gasteiger partial charge on any atom is 0.330 e. The molecule has 11 nitrogen and oxygen atoms in total. The van der Waals surface area contributed by atoms with Gasteiger partial charge in [-0.05, 0) is 28.8 Å². The van der Waals surface area contributed by atoms with Crippen molar-refractivity contribution in [1.29, 1.82) is 0 Å². The summed E-state index contributed by atoms with van der Waals surface area (Å²) in [7, 11) is 0. The molecule has 0 radical (unpaired) electrons. The predicted molar refractivity (Wildman–Crippen MR) is 109 cm³/mol. The van der Waals surface area contributed by atoms with E-state index < -0.39 is 11.2 Å². The summed E-state index contributed by atoms with van der Waals surface area (Å²) in [5.41, 5.74) is 5.85. The number of nitrogens with two attached hydrogens (primary N) is 1. The molecule has 1 fully saturated rings. The fraction of sp³-hybridized carbons (Fsp3) is 0.368. The highest BCUT2D eigenvalue weighted by Crippen LogP contribution is 2.29. The zero-order valence-corrected chi connectivity index (χ0v) is 16.3. The molecular weight excluding hydrogens is 388 g/mol. The molecule has 0 atom stereocenters. The number of rotatable bonds is 6. The van der Waals surface area contributed by atoms with Gasteiger partial charge in [0.15, 0.2) is 5.69 Å². The minimum absolute atomic E-state index is 0.00416. The summed E-state index contributed by atoms with van der Waals surface area (Å²) < 4.78 is 2.56. The summed E-state index contributed by atoms with van der Waals surface area (Å²) in [6, 6.07) is 9.10. The molecule has 156 valence electrons. The van der Waals surface area contributed by atoms with Gasteiger partial charge >= 0.3 is 5.69 Å². The van der Waals surface area contributed by atoms with Crippen LogP contribution >= 0.6 is 0 Å². The predicted octanol–water partition coefficient (Wildman–Crippen LogP) is 0.129. The normalized spacial score (nSPS) is 14.1. The van der Waals surface area contributed by atoms with E-state index in [9.17, 15) is 14.4 Å². The topological polar surface area (TPSA) is 145 Å². The number of carbonyl (C=O) groups excluding carboxylic acids is 1. The van der Waals surface area contributed by atoms with Crippen LogP contribution in [0.3, 0.4) is 0 Å². The Labute approximate surface area is 171 Å². The number of tetrazole rings is 1. The summed E-state index contributed by atoms with van der Waals surface area (Å²) in [6.07, 6.45) is 4.71. The Balaban J connectivity index is 1.77. The van der Waals surface area contributed by atoms with Crippen molar-refractivity contribution in [3.8, 4) is 0 Å². The molecule has 1 saturated carbocycles. The second kappa shape index (κ2) is 8.31. The van der Waals surface area contributed by atoms with Crippen LogP contribution in [0.15, 0.2) is 46.2 Å². The van der Waals surface area contributed by atoms with E-state index in [1.165, 1.54) is 20.5 Å². The number of anilines is 2. The molecule has 0 spiro atoms. The average molecular weight is 410 g/mol. The number of amides is 1. The van der Waals surface area contributed by atoms with Crippen molar-refractivity contribution < 1.29 is 4.79 Å². The van der Waals surface area contributed by atoms with Crippen molar-refractivity contribution >= 4 is 17.4 Å². The SMILES string of the molecule is Nc1c(N(C(=O)Cn2cnnn2)C2CCCC2)c(=O)[nH]c(=O)n1Cc1ccccc1. The second-order valence-electron chi connectivity index (χ2n) is 7.27. The minimum Gasteiger partial charge on any atom is -0.383 e. The van der Waals surface area contributed by atoms with Crippen LogP contribution in [0.25, 0.3) is 0 Å². The van der Waals surface area contributed by atoms with E-state index in [2.05, 4.69) is 20.5 Å². The Morgan fingerprint density at radius 3 is 2.60 bits per heavy atom. The Hall–Kier alpha value is -3.76. The third-order valence-electron chi connectivity index (χ3n) is 5.29. The van der Waals surface area contributed by atoms with Crippen LogP contribution < -0.4 is 21.9 Å². The van der Waals surface area contributed by atoms with Crippen LogP contribution in [0.2, 0.25) is 0 Å². The number of hydrogen-bond donors (Lipinski definition) is 2. The molecule has 3 N–H and O–H groups in total. The monoisotopic (exact) mass is 410 g/mol. The summed E-state index contributed by atoms with van der Waals surface area (Å²) in [5.74, 6) is -0.402. The molecule has 4 rings (SSSR count). The molecule has 2 heterocycles. The molecule has 1 aliphatic carbocycles. The Morgan fingerprint density at radius 2 is 1.93 bits per heavy atom. The largest absolute Gasteiger partial charge is 0.383 e. The van der Waals surface area contributed by atoms with Crippen molar-refractivity contribution in [1.82, 2.24) is 29.8 Å². The van der Waals surface area contributed by atoms with Gasteiger partial charge in [0.1, 0.15) is 18.7 Å². The van der Waals surface area contributed by atoms with Crippen LogP contribution in [0.4, 0.5) is 11.5 Å². The third-order valence-corrected chi connectivity index (χ3v) is 5.29. The lowest BCUT2D eigenvalue weighted by molar-refractivity contribution is -0.119. The lowest BCUT2D eigenvalue weighted by atomic mass is 10.1. The van der Waals surface area contributed by atoms with E-state index in [0.717, 1.165) is 31.2 Å². The Kier molecular flexibility index (Phi) is 5.42. The first-order chi connectivity index (χ1) is 14.5. The fourth-order valence-electron chi connectivity index (χ4n) is 3.87. The Morgan fingerprint density at radius 1 is 1.20 bits per heavy atom. The zero-order valence-electron chi connectivity index (χ0n) is 16.3. The van der Waals surface area contributed by atoms with Crippen LogP contribution in [0.1, 0.15) is 31.2 Å². The van der Waals surface area contributed by atoms with E-state index in [1.807, 2.05) is 30.3 Å². The number of carbonyl (C=O) groups is 1. The maximum absolute atomic E-state index is 13.2. The number of hydrogen-bond acceptors (Lipinski definition) is 7. The molecular formula is C19H22N8O3. The number of aromatic amines is 1. The fourth-order valence-corrected chi connectivity index (χ4v) is 3.87. The Bertz CT molecular complexity index is 1130. The van der Waals surface area contributed by atoms with E-state index in [4.69, 9.17) is 5.73 Å². The van der Waals surface area contributed by atoms with Gasteiger partial charge in [-0.2, -0.15) is 0 Å². The molecule has 1 aliphatic rings. The van der Waals surface area contributed by atoms with E-state index in [-0.39, 0.29) is 36.5 Å². The number of benzene rings is 1. The molecule has 3 aromatic rings. The summed E-state index contributed by atoms with van der Waals surface area (Å²) in [5, 5.41) is 10.8. The van der Waals surface area contributed by atoms with Gasteiger partial charge < -0.3 is 5.73 Å². The molecule has 0 saturated heterocycles. The average Bonchev–Trinajstić information content (AvgIpc) is 3.43. The lowest BCUT2D eigenvalue weighted by Crippen LogP contribution is -2.46. The molecule has 0 unspecified atom stereocenters. The molecule has 1 amide bonds. The van der Waals surface area contributed by atoms with Gasteiger partial charge in [-0.15, -0.1) is 5.10 Å². The third kappa shape index (κ3) is 3.86. The molecule has 30 heavy (non-hydrogen) atoms. The van der Waals surface area contributed by atoms with Gasteiger partial charge in [0.25, 0.3) is 5.56 Å². The quantitative estimate of drug-likeness (QED) is 0.587. The second-order valence-corrected chi connectivity index (χ2v) is 7.27. The van der Waals surface area contributed by atoms with Crippen molar-refractivity contribution in [2.24, 2.45) is 0 Å². The highest BCUT2D eigenvalue weighted by Gasteiger charge is 2.32. The first-order valence-corrected chi connectivity index (χ1v) is 9.74. The molecule has 2 aromatic heterocycles. The van der Waals surface area contributed by atoms with Crippen molar-refractivity contribution in [2.75, 3.05) is 10.6 Å². The highest BCUT2D eigenvalue weighted by atomic mass is 16.2. The van der Waals surface area contributed by atoms with Gasteiger partial charge in [0, 0.05) is 6.04 Å². The van der Waals surface area contributed by atoms with E-state index in [0.29, 0.717) is 0 Å². The van der Waals surface area contributed by atoms with Crippen LogP contribution in [0.5, 0.6) is 0 Å². The van der Waals surface area contributed by atoms with Gasteiger partial charge in [-0.25, -0.2) is 9.48 Å². The van der Waals surface area contributed by atoms with E-state index in [1.54, 1.807) is 0 Å². The molecule has 11 heteroatoms. The standard InChI is InChI=1S/C19H22N8O3/c20-17-16(18(29)22-19(30)26(17)10-13-6-2-1-3-7-13)27(14-8-4-5-9-14)15(28)11-25-12-21-23-24-25/h1-3,6-7,12,14H,4-5,8-11,20H2,(H,22,29,30). The smallest absolute Gasteiger partial charge is 0.330 e. The van der Waals surface area contributed by atoms with Gasteiger partial charge in [0.2, 0.25) is 5.91 Å². The number of nitrogen functional groups attached to an aromatic ring is 1. The van der Waals surface area contributed by atoms with Crippen LogP contribution in [-0.4, -0.2) is 41.7 Å². The van der Waals surface area contributed by atoms with Crippen molar-refractivity contribution in [3.05, 3.63) is 63.1 Å². The number of nitrogens with one attached hydrogen (secondary N) is 1. The summed E-state index contributed by atoms with van der Waals surface area (Å²) in [4.78, 5) is 42.2. The van der Waals surface area contributed by atoms with Crippen LogP contribution in [-0.2, 0) is 17.9 Å². The molecule has 0 bridgehead atoms. The van der Waals surface area contributed by atoms with Crippen molar-refractivity contribution in [2.45, 2.75) is 44.8 Å². The first kappa shape index (κ1) is 19.6. The maximum atomic E-state index is 13.2. The van der Waals surface area contributed by atoms with Gasteiger partial charge in [0.05, 0.1) is 6.54 Å². The highest BCUT2D eigenvalue weighted by molar-refractivity contribution is 5.96. The number of aromatic nitrogens is 6. The number of H-pyrrole nitrogens is 1. The summed E-state index contributed by atoms with van der Waals surface area (Å²) >= 11 is 0. The lowest BCUT2D eigenvalue weighted by Gasteiger charge is -2.29. The summed E-state index contributed by atoms with van der Waals surface area (Å²) in [6.45, 7) is 0.0369. The van der Waals surface area contributed by atoms with Crippen molar-refractivity contribution in [3.63, 3.8) is 0 Å². The zero-order chi connectivity index (χ0) is 21.1. The minimum atomic E-state index is -0.682. The number of nitrogens with zero attached hydrogens (tertiary/aromatic N) is 6. The molecule has 0 aliphatic heterocycles.